The first-order valence-corrected chi connectivity index (χ1v) is 18.2. The van der Waals surface area contributed by atoms with Crippen LogP contribution in [0.5, 0.6) is 0 Å². The van der Waals surface area contributed by atoms with E-state index in [-0.39, 0.29) is 26.2 Å². The lowest BCUT2D eigenvalue weighted by molar-refractivity contribution is -0.132. The number of hydrogen-bond acceptors (Lipinski definition) is 3. The number of benzene rings is 3. The van der Waals surface area contributed by atoms with Gasteiger partial charge in [0.05, 0.1) is 24.3 Å². The van der Waals surface area contributed by atoms with Crippen LogP contribution in [0.4, 0.5) is 0 Å². The molecule has 0 aromatic heterocycles. The number of carbonyl (C=O) groups is 1. The minimum Gasteiger partial charge on any atom is -0.340 e. The van der Waals surface area contributed by atoms with Crippen LogP contribution in [0.15, 0.2) is 91.0 Å². The molecule has 0 spiro atoms. The molecule has 1 fully saturated rings. The molecule has 0 saturated carbocycles. The van der Waals surface area contributed by atoms with Crippen LogP contribution in [0.3, 0.4) is 0 Å². The van der Waals surface area contributed by atoms with E-state index in [9.17, 15) is 9.36 Å². The van der Waals surface area contributed by atoms with Gasteiger partial charge in [-0.2, -0.15) is 0 Å². The second-order valence-electron chi connectivity index (χ2n) is 13.1. The SMILES string of the molecule is C.C.CC(C)(C)COP(=O)(N1CCN(C(=O)CC[P+](c2ccccc2)(c2ccccc2)c2ccccc2)CC1)C(C)(C)C. The normalized spacial score (nSPS) is 16.0. The summed E-state index contributed by atoms with van der Waals surface area (Å²) in [6, 6.07) is 32.1. The molecule has 7 heteroatoms. The number of rotatable bonds is 9. The Morgan fingerprint density at radius 3 is 1.47 bits per heavy atom. The van der Waals surface area contributed by atoms with E-state index >= 15 is 0 Å². The van der Waals surface area contributed by atoms with Gasteiger partial charge in [-0.25, -0.2) is 4.67 Å². The van der Waals surface area contributed by atoms with Crippen molar-refractivity contribution in [3.8, 4) is 0 Å². The Balaban J connectivity index is 0.00000323. The van der Waals surface area contributed by atoms with Gasteiger partial charge in [0.15, 0.2) is 0 Å². The summed E-state index contributed by atoms with van der Waals surface area (Å²) >= 11 is 0. The third-order valence-electron chi connectivity index (χ3n) is 7.75. The summed E-state index contributed by atoms with van der Waals surface area (Å²) in [6.07, 6.45) is 1.23. The van der Waals surface area contributed by atoms with Crippen LogP contribution in [0.2, 0.25) is 0 Å². The predicted octanol–water partition coefficient (Wildman–Crippen LogP) is 7.84. The molecular weight excluding hydrogens is 570 g/mol. The maximum Gasteiger partial charge on any atom is 0.277 e. The maximum absolute atomic E-state index is 14.2. The molecule has 1 saturated heterocycles. The van der Waals surface area contributed by atoms with Gasteiger partial charge in [0, 0.05) is 26.2 Å². The fourth-order valence-electron chi connectivity index (χ4n) is 5.49. The molecule has 3 aromatic carbocycles. The summed E-state index contributed by atoms with van der Waals surface area (Å²) in [5.41, 5.74) is -0.0788. The van der Waals surface area contributed by atoms with Gasteiger partial charge >= 0.3 is 0 Å². The highest BCUT2D eigenvalue weighted by atomic mass is 31.2. The molecule has 0 bridgehead atoms. The lowest BCUT2D eigenvalue weighted by Crippen LogP contribution is -2.49. The van der Waals surface area contributed by atoms with Gasteiger partial charge in [0.2, 0.25) is 5.91 Å². The molecule has 0 aliphatic carbocycles. The second kappa shape index (κ2) is 15.1. The van der Waals surface area contributed by atoms with Crippen molar-refractivity contribution in [2.45, 2.75) is 68.0 Å². The van der Waals surface area contributed by atoms with Gasteiger partial charge in [-0.1, -0.05) is 90.2 Å². The summed E-state index contributed by atoms with van der Waals surface area (Å²) < 4.78 is 22.5. The minimum absolute atomic E-state index is 0. The predicted molar refractivity (Wildman–Crippen MR) is 189 cm³/mol. The summed E-state index contributed by atoms with van der Waals surface area (Å²) in [6.45, 7) is 14.9. The Morgan fingerprint density at radius 1 is 0.721 bits per heavy atom. The number of carbonyl (C=O) groups excluding carboxylic acids is 1. The standard InChI is InChI=1S/C34H47N2O3P2.2CH4/c1-33(2,3)28-39-41(38,34(4,5)6)36-25-23-35(24-26-36)32(37)22-27-40(29-16-10-7-11-17-29,30-18-12-8-13-19-30)31-20-14-9-15-21-31;;/h7-21H,22-28H2,1-6H3;2*1H4/q+1;;. The lowest BCUT2D eigenvalue weighted by atomic mass is 9.99. The van der Waals surface area contributed by atoms with Crippen molar-refractivity contribution >= 4 is 36.6 Å². The lowest BCUT2D eigenvalue weighted by Gasteiger charge is -2.44. The largest absolute Gasteiger partial charge is 0.340 e. The van der Waals surface area contributed by atoms with E-state index < -0.39 is 19.9 Å². The second-order valence-corrected chi connectivity index (χ2v) is 20.0. The van der Waals surface area contributed by atoms with E-state index in [0.717, 1.165) is 6.16 Å². The van der Waals surface area contributed by atoms with Crippen molar-refractivity contribution < 1.29 is 13.9 Å². The van der Waals surface area contributed by atoms with Gasteiger partial charge in [-0.3, -0.25) is 9.36 Å². The molecule has 0 N–H and O–H groups in total. The van der Waals surface area contributed by atoms with Gasteiger partial charge in [0.1, 0.15) is 23.2 Å². The average molecular weight is 626 g/mol. The average Bonchev–Trinajstić information content (AvgIpc) is 2.97. The van der Waals surface area contributed by atoms with E-state index in [1.165, 1.54) is 15.9 Å². The monoisotopic (exact) mass is 625 g/mol. The topological polar surface area (TPSA) is 49.9 Å². The molecule has 1 aliphatic heterocycles. The Bertz CT molecular complexity index is 1210. The Labute approximate surface area is 262 Å². The first kappa shape index (κ1) is 36.9. The highest BCUT2D eigenvalue weighted by molar-refractivity contribution is 7.95. The number of nitrogens with zero attached hydrogens (tertiary/aromatic N) is 2. The molecule has 1 atom stereocenters. The quantitative estimate of drug-likeness (QED) is 0.228. The summed E-state index contributed by atoms with van der Waals surface area (Å²) in [5, 5.41) is 3.36. The fraction of sp³-hybridized carbons (Fsp3) is 0.472. The van der Waals surface area contributed by atoms with Crippen LogP contribution in [0.25, 0.3) is 0 Å². The molecule has 236 valence electrons. The van der Waals surface area contributed by atoms with Crippen LogP contribution in [0.1, 0.15) is 62.8 Å². The Kier molecular flexibility index (Phi) is 13.0. The Hall–Kier alpha value is -2.29. The van der Waals surface area contributed by atoms with Crippen molar-refractivity contribution in [1.29, 1.82) is 0 Å². The number of amides is 1. The molecule has 4 rings (SSSR count). The minimum atomic E-state index is -3.09. The molecule has 43 heavy (non-hydrogen) atoms. The molecule has 3 aromatic rings. The maximum atomic E-state index is 14.2. The van der Waals surface area contributed by atoms with Crippen LogP contribution in [0, 0.1) is 5.41 Å². The third kappa shape index (κ3) is 8.46. The van der Waals surface area contributed by atoms with E-state index in [1.54, 1.807) is 0 Å². The highest BCUT2D eigenvalue weighted by Gasteiger charge is 2.47. The van der Waals surface area contributed by atoms with E-state index in [4.69, 9.17) is 4.52 Å². The van der Waals surface area contributed by atoms with Crippen molar-refractivity contribution in [2.75, 3.05) is 38.9 Å². The first-order chi connectivity index (χ1) is 19.4. The summed E-state index contributed by atoms with van der Waals surface area (Å²) in [4.78, 5) is 15.7. The molecule has 1 heterocycles. The van der Waals surface area contributed by atoms with Crippen LogP contribution < -0.4 is 15.9 Å². The number of piperazine rings is 1. The molecule has 1 unspecified atom stereocenters. The van der Waals surface area contributed by atoms with E-state index in [2.05, 4.69) is 112 Å². The van der Waals surface area contributed by atoms with Crippen LogP contribution >= 0.6 is 14.8 Å². The first-order valence-electron chi connectivity index (χ1n) is 14.7. The smallest absolute Gasteiger partial charge is 0.277 e. The molecule has 1 amide bonds. The van der Waals surface area contributed by atoms with E-state index in [0.29, 0.717) is 39.2 Å². The number of hydrogen-bond donors (Lipinski definition) is 0. The third-order valence-corrected chi connectivity index (χ3v) is 15.5. The van der Waals surface area contributed by atoms with Gasteiger partial charge < -0.3 is 9.42 Å². The van der Waals surface area contributed by atoms with Crippen molar-refractivity contribution in [3.63, 3.8) is 0 Å². The van der Waals surface area contributed by atoms with E-state index in [1.807, 2.05) is 30.3 Å². The highest BCUT2D eigenvalue weighted by Crippen LogP contribution is 2.62. The zero-order chi connectivity index (χ0) is 29.7. The van der Waals surface area contributed by atoms with Crippen LogP contribution in [-0.4, -0.2) is 59.6 Å². The van der Waals surface area contributed by atoms with Crippen molar-refractivity contribution in [3.05, 3.63) is 91.0 Å². The zero-order valence-electron chi connectivity index (χ0n) is 25.6. The molecule has 1 aliphatic rings. The Morgan fingerprint density at radius 2 is 1.12 bits per heavy atom. The molecular formula is C36H55N2O3P2+. The van der Waals surface area contributed by atoms with Crippen LogP contribution in [-0.2, 0) is 13.9 Å². The van der Waals surface area contributed by atoms with Gasteiger partial charge in [0.25, 0.3) is 7.52 Å². The van der Waals surface area contributed by atoms with Crippen molar-refractivity contribution in [2.24, 2.45) is 5.41 Å². The molecule has 5 nitrogen and oxygen atoms in total. The van der Waals surface area contributed by atoms with Crippen molar-refractivity contribution in [1.82, 2.24) is 9.57 Å². The van der Waals surface area contributed by atoms with Gasteiger partial charge in [-0.05, 0) is 62.6 Å². The summed E-state index contributed by atoms with van der Waals surface area (Å²) in [7, 11) is -5.16. The molecule has 0 radical (unpaired) electrons. The fourth-order valence-corrected chi connectivity index (χ4v) is 12.4. The summed E-state index contributed by atoms with van der Waals surface area (Å²) in [5.74, 6) is 0.165. The van der Waals surface area contributed by atoms with Gasteiger partial charge in [-0.15, -0.1) is 0 Å². The zero-order valence-corrected chi connectivity index (χ0v) is 27.4.